The van der Waals surface area contributed by atoms with Crippen molar-refractivity contribution in [3.63, 3.8) is 0 Å². The SMILES string of the molecule is CC1SCCN(C(C)C(=O)c2ccc(F)cc2F)C1C. The first kappa shape index (κ1) is 15.4. The Labute approximate surface area is 122 Å². The van der Waals surface area contributed by atoms with Crippen molar-refractivity contribution in [3.8, 4) is 0 Å². The molecule has 0 radical (unpaired) electrons. The summed E-state index contributed by atoms with van der Waals surface area (Å²) < 4.78 is 26.6. The molecular formula is C15H19F2NOS. The van der Waals surface area contributed by atoms with Gasteiger partial charge in [-0.2, -0.15) is 11.8 Å². The quantitative estimate of drug-likeness (QED) is 0.798. The zero-order chi connectivity index (χ0) is 14.9. The van der Waals surface area contributed by atoms with E-state index in [2.05, 4.69) is 18.7 Å². The van der Waals surface area contributed by atoms with E-state index < -0.39 is 17.7 Å². The van der Waals surface area contributed by atoms with E-state index in [0.29, 0.717) is 5.25 Å². The fourth-order valence-electron chi connectivity index (χ4n) is 2.57. The lowest BCUT2D eigenvalue weighted by Gasteiger charge is -2.40. The Balaban J connectivity index is 2.19. The molecule has 0 amide bonds. The van der Waals surface area contributed by atoms with Gasteiger partial charge in [-0.15, -0.1) is 0 Å². The van der Waals surface area contributed by atoms with Crippen molar-refractivity contribution >= 4 is 17.5 Å². The molecule has 1 aromatic rings. The molecule has 0 bridgehead atoms. The van der Waals surface area contributed by atoms with Crippen molar-refractivity contribution in [2.75, 3.05) is 12.3 Å². The molecule has 1 heterocycles. The van der Waals surface area contributed by atoms with Crippen LogP contribution < -0.4 is 0 Å². The van der Waals surface area contributed by atoms with Crippen LogP contribution in [0.15, 0.2) is 18.2 Å². The van der Waals surface area contributed by atoms with E-state index >= 15 is 0 Å². The zero-order valence-electron chi connectivity index (χ0n) is 11.9. The molecule has 110 valence electrons. The number of halogens is 2. The highest BCUT2D eigenvalue weighted by Gasteiger charge is 2.33. The van der Waals surface area contributed by atoms with E-state index in [9.17, 15) is 13.6 Å². The van der Waals surface area contributed by atoms with Crippen molar-refractivity contribution in [3.05, 3.63) is 35.4 Å². The van der Waals surface area contributed by atoms with Crippen LogP contribution in [0.5, 0.6) is 0 Å². The highest BCUT2D eigenvalue weighted by molar-refractivity contribution is 8.00. The number of carbonyl (C=O) groups is 1. The Hall–Kier alpha value is -0.940. The van der Waals surface area contributed by atoms with Gasteiger partial charge in [0.1, 0.15) is 11.6 Å². The maximum atomic E-state index is 13.7. The Morgan fingerprint density at radius 3 is 2.75 bits per heavy atom. The van der Waals surface area contributed by atoms with Crippen LogP contribution in [-0.2, 0) is 0 Å². The summed E-state index contributed by atoms with van der Waals surface area (Å²) in [6.07, 6.45) is 0. The highest BCUT2D eigenvalue weighted by Crippen LogP contribution is 2.27. The van der Waals surface area contributed by atoms with Crippen LogP contribution in [0.2, 0.25) is 0 Å². The Bertz CT molecular complexity index is 509. The van der Waals surface area contributed by atoms with Gasteiger partial charge in [-0.25, -0.2) is 8.78 Å². The first-order valence-electron chi connectivity index (χ1n) is 6.78. The van der Waals surface area contributed by atoms with Gasteiger partial charge in [0, 0.05) is 29.7 Å². The number of hydrogen-bond donors (Lipinski definition) is 0. The predicted octanol–water partition coefficient (Wildman–Crippen LogP) is 3.36. The van der Waals surface area contributed by atoms with E-state index in [4.69, 9.17) is 0 Å². The van der Waals surface area contributed by atoms with Crippen LogP contribution in [0.4, 0.5) is 8.78 Å². The van der Waals surface area contributed by atoms with Gasteiger partial charge in [0.2, 0.25) is 0 Å². The number of nitrogens with zero attached hydrogens (tertiary/aromatic N) is 1. The minimum absolute atomic E-state index is 0.0306. The lowest BCUT2D eigenvalue weighted by Crippen LogP contribution is -2.51. The predicted molar refractivity (Wildman–Crippen MR) is 78.2 cm³/mol. The summed E-state index contributed by atoms with van der Waals surface area (Å²) in [5.41, 5.74) is -0.0306. The topological polar surface area (TPSA) is 20.3 Å². The number of benzene rings is 1. The second-order valence-corrected chi connectivity index (χ2v) is 6.70. The molecule has 0 aromatic heterocycles. The standard InChI is InChI=1S/C15H19F2NOS/c1-9-11(3)20-7-6-18(9)10(2)15(19)13-5-4-12(16)8-14(13)17/h4-5,8-11H,6-7H2,1-3H3. The summed E-state index contributed by atoms with van der Waals surface area (Å²) >= 11 is 1.88. The summed E-state index contributed by atoms with van der Waals surface area (Å²) in [4.78, 5) is 14.5. The van der Waals surface area contributed by atoms with Crippen LogP contribution in [0.3, 0.4) is 0 Å². The molecule has 0 saturated carbocycles. The summed E-state index contributed by atoms with van der Waals surface area (Å²) in [7, 11) is 0. The number of carbonyl (C=O) groups excluding carboxylic acids is 1. The Morgan fingerprint density at radius 2 is 2.10 bits per heavy atom. The van der Waals surface area contributed by atoms with E-state index in [-0.39, 0.29) is 17.4 Å². The summed E-state index contributed by atoms with van der Waals surface area (Å²) in [5.74, 6) is -0.764. The molecule has 2 nitrogen and oxygen atoms in total. The van der Waals surface area contributed by atoms with Gasteiger partial charge in [-0.05, 0) is 26.0 Å². The molecule has 20 heavy (non-hydrogen) atoms. The van der Waals surface area contributed by atoms with Gasteiger partial charge in [-0.1, -0.05) is 6.92 Å². The maximum Gasteiger partial charge on any atom is 0.182 e. The lowest BCUT2D eigenvalue weighted by atomic mass is 10.0. The average molecular weight is 299 g/mol. The van der Waals surface area contributed by atoms with Crippen LogP contribution in [0.1, 0.15) is 31.1 Å². The van der Waals surface area contributed by atoms with Gasteiger partial charge in [0.05, 0.1) is 11.6 Å². The molecule has 1 saturated heterocycles. The molecule has 0 aliphatic carbocycles. The molecule has 3 atom stereocenters. The summed E-state index contributed by atoms with van der Waals surface area (Å²) in [6, 6.07) is 2.99. The minimum atomic E-state index is -0.783. The third-order valence-electron chi connectivity index (χ3n) is 4.01. The van der Waals surface area contributed by atoms with E-state index in [1.165, 1.54) is 6.07 Å². The summed E-state index contributed by atoms with van der Waals surface area (Å²) in [6.45, 7) is 6.83. The molecule has 3 unspecified atom stereocenters. The van der Waals surface area contributed by atoms with Gasteiger partial charge >= 0.3 is 0 Å². The first-order valence-corrected chi connectivity index (χ1v) is 7.83. The second kappa shape index (κ2) is 6.22. The van der Waals surface area contributed by atoms with Crippen LogP contribution in [0, 0.1) is 11.6 Å². The molecule has 1 fully saturated rings. The van der Waals surface area contributed by atoms with Crippen molar-refractivity contribution in [1.82, 2.24) is 4.90 Å². The first-order chi connectivity index (χ1) is 9.41. The Morgan fingerprint density at radius 1 is 1.40 bits per heavy atom. The molecule has 1 aliphatic rings. The third kappa shape index (κ3) is 3.04. The van der Waals surface area contributed by atoms with Gasteiger partial charge in [0.25, 0.3) is 0 Å². The largest absolute Gasteiger partial charge is 0.292 e. The summed E-state index contributed by atoms with van der Waals surface area (Å²) in [5, 5.41) is 0.442. The lowest BCUT2D eigenvalue weighted by molar-refractivity contribution is 0.0777. The van der Waals surface area contributed by atoms with Gasteiger partial charge in [-0.3, -0.25) is 9.69 Å². The van der Waals surface area contributed by atoms with Crippen LogP contribution in [0.25, 0.3) is 0 Å². The van der Waals surface area contributed by atoms with Crippen LogP contribution in [-0.4, -0.2) is 40.3 Å². The molecule has 0 N–H and O–H groups in total. The molecule has 2 rings (SSSR count). The van der Waals surface area contributed by atoms with Crippen molar-refractivity contribution in [2.24, 2.45) is 0 Å². The fraction of sp³-hybridized carbons (Fsp3) is 0.533. The number of thioether (sulfide) groups is 1. The monoisotopic (exact) mass is 299 g/mol. The van der Waals surface area contributed by atoms with Crippen molar-refractivity contribution < 1.29 is 13.6 Å². The normalized spacial score (nSPS) is 25.4. The van der Waals surface area contributed by atoms with E-state index in [1.807, 2.05) is 11.8 Å². The van der Waals surface area contributed by atoms with E-state index in [0.717, 1.165) is 24.4 Å². The fourth-order valence-corrected chi connectivity index (χ4v) is 3.69. The minimum Gasteiger partial charge on any atom is -0.292 e. The number of ketones is 1. The maximum absolute atomic E-state index is 13.7. The second-order valence-electron chi connectivity index (χ2n) is 5.22. The molecule has 0 spiro atoms. The van der Waals surface area contributed by atoms with Gasteiger partial charge in [0.15, 0.2) is 5.78 Å². The average Bonchev–Trinajstić information content (AvgIpc) is 2.40. The molecular weight excluding hydrogens is 280 g/mol. The van der Waals surface area contributed by atoms with Crippen LogP contribution >= 0.6 is 11.8 Å². The van der Waals surface area contributed by atoms with E-state index in [1.54, 1.807) is 6.92 Å². The molecule has 1 aliphatic heterocycles. The molecule has 1 aromatic carbocycles. The van der Waals surface area contributed by atoms with Crippen molar-refractivity contribution in [1.29, 1.82) is 0 Å². The third-order valence-corrected chi connectivity index (χ3v) is 5.34. The van der Waals surface area contributed by atoms with Crippen molar-refractivity contribution in [2.45, 2.75) is 38.1 Å². The Kier molecular flexibility index (Phi) is 4.81. The smallest absolute Gasteiger partial charge is 0.182 e. The molecule has 5 heteroatoms. The number of Topliss-reactive ketones (excluding diaryl/α,β-unsaturated/α-hetero) is 1. The number of rotatable bonds is 3. The zero-order valence-corrected chi connectivity index (χ0v) is 12.7. The highest BCUT2D eigenvalue weighted by atomic mass is 32.2. The number of hydrogen-bond acceptors (Lipinski definition) is 3. The van der Waals surface area contributed by atoms with Gasteiger partial charge < -0.3 is 0 Å².